The number of hydrogen-bond acceptors (Lipinski definition) is 3. The number of ether oxygens (including phenoxy) is 1. The maximum atomic E-state index is 11.2. The van der Waals surface area contributed by atoms with Gasteiger partial charge in [-0.05, 0) is 42.4 Å². The topological polar surface area (TPSA) is 55.4 Å². The second kappa shape index (κ2) is 5.87. The highest BCUT2D eigenvalue weighted by Gasteiger charge is 2.23. The third-order valence-electron chi connectivity index (χ3n) is 3.42. The Bertz CT molecular complexity index is 496. The molecule has 0 radical (unpaired) electrons. The highest BCUT2D eigenvalue weighted by molar-refractivity contribution is 5.89. The van der Waals surface area contributed by atoms with E-state index in [1.807, 2.05) is 12.1 Å². The molecule has 1 aliphatic rings. The van der Waals surface area contributed by atoms with Crippen molar-refractivity contribution in [3.63, 3.8) is 0 Å². The zero-order valence-corrected chi connectivity index (χ0v) is 11.4. The monoisotopic (exact) mass is 261 g/mol. The molecular formula is C15H19NO3. The number of benzene rings is 1. The molecule has 1 atom stereocenters. The fourth-order valence-electron chi connectivity index (χ4n) is 2.62. The Morgan fingerprint density at radius 1 is 1.32 bits per heavy atom. The Hall–Kier alpha value is -1.84. The van der Waals surface area contributed by atoms with E-state index in [0.29, 0.717) is 12.5 Å². The summed E-state index contributed by atoms with van der Waals surface area (Å²) in [5.74, 6) is 0.218. The molecule has 19 heavy (non-hydrogen) atoms. The minimum atomic E-state index is -0.227. The van der Waals surface area contributed by atoms with Crippen molar-refractivity contribution >= 4 is 17.6 Å². The van der Waals surface area contributed by atoms with Crippen LogP contribution >= 0.6 is 0 Å². The smallest absolute Gasteiger partial charge is 0.302 e. The van der Waals surface area contributed by atoms with E-state index in [9.17, 15) is 9.59 Å². The molecule has 1 aromatic carbocycles. The predicted molar refractivity (Wildman–Crippen MR) is 72.9 cm³/mol. The average molecular weight is 261 g/mol. The zero-order chi connectivity index (χ0) is 13.8. The quantitative estimate of drug-likeness (QED) is 0.846. The van der Waals surface area contributed by atoms with Crippen molar-refractivity contribution in [3.8, 4) is 0 Å². The molecule has 1 unspecified atom stereocenters. The first-order valence-electron chi connectivity index (χ1n) is 6.58. The van der Waals surface area contributed by atoms with Gasteiger partial charge in [0.2, 0.25) is 5.91 Å². The van der Waals surface area contributed by atoms with Gasteiger partial charge in [-0.15, -0.1) is 0 Å². The average Bonchev–Trinajstić information content (AvgIpc) is 2.71. The van der Waals surface area contributed by atoms with E-state index in [-0.39, 0.29) is 11.9 Å². The van der Waals surface area contributed by atoms with Crippen molar-refractivity contribution in [2.75, 3.05) is 11.9 Å². The summed E-state index contributed by atoms with van der Waals surface area (Å²) in [7, 11) is 0. The third-order valence-corrected chi connectivity index (χ3v) is 3.42. The van der Waals surface area contributed by atoms with E-state index in [2.05, 4.69) is 11.4 Å². The second-order valence-electron chi connectivity index (χ2n) is 5.03. The largest absolute Gasteiger partial charge is 0.466 e. The van der Waals surface area contributed by atoms with Crippen LogP contribution in [-0.4, -0.2) is 18.5 Å². The molecule has 0 spiro atoms. The fourth-order valence-corrected chi connectivity index (χ4v) is 2.62. The number of hydrogen-bond donors (Lipinski definition) is 1. The van der Waals surface area contributed by atoms with Gasteiger partial charge in [0.15, 0.2) is 0 Å². The molecule has 102 valence electrons. The lowest BCUT2D eigenvalue weighted by Crippen LogP contribution is -2.09. The van der Waals surface area contributed by atoms with Gasteiger partial charge in [0.05, 0.1) is 6.61 Å². The third kappa shape index (κ3) is 3.56. The molecule has 1 amide bonds. The number of nitrogens with one attached hydrogen (secondary N) is 1. The fraction of sp³-hybridized carbons (Fsp3) is 0.467. The summed E-state index contributed by atoms with van der Waals surface area (Å²) in [6.07, 6.45) is 2.80. The SMILES string of the molecule is CC(=O)Nc1cccc2c1CC(CCOC(C)=O)C2. The molecule has 0 saturated carbocycles. The van der Waals surface area contributed by atoms with Gasteiger partial charge in [-0.25, -0.2) is 0 Å². The first-order chi connectivity index (χ1) is 9.06. The first-order valence-corrected chi connectivity index (χ1v) is 6.58. The highest BCUT2D eigenvalue weighted by Crippen LogP contribution is 2.33. The molecular weight excluding hydrogens is 242 g/mol. The van der Waals surface area contributed by atoms with Crippen molar-refractivity contribution in [2.45, 2.75) is 33.1 Å². The molecule has 0 heterocycles. The van der Waals surface area contributed by atoms with E-state index >= 15 is 0 Å². The summed E-state index contributed by atoms with van der Waals surface area (Å²) in [6, 6.07) is 6.01. The van der Waals surface area contributed by atoms with Gasteiger partial charge < -0.3 is 10.1 Å². The Kier molecular flexibility index (Phi) is 4.20. The summed E-state index contributed by atoms with van der Waals surface area (Å²) in [4.78, 5) is 21.9. The Balaban J connectivity index is 1.99. The lowest BCUT2D eigenvalue weighted by Gasteiger charge is -2.09. The van der Waals surface area contributed by atoms with Crippen molar-refractivity contribution in [2.24, 2.45) is 5.92 Å². The first kappa shape index (κ1) is 13.6. The maximum absolute atomic E-state index is 11.2. The zero-order valence-electron chi connectivity index (χ0n) is 11.4. The van der Waals surface area contributed by atoms with Gasteiger partial charge >= 0.3 is 5.97 Å². The minimum Gasteiger partial charge on any atom is -0.466 e. The van der Waals surface area contributed by atoms with Crippen LogP contribution in [0.2, 0.25) is 0 Å². The van der Waals surface area contributed by atoms with Gasteiger partial charge in [-0.3, -0.25) is 9.59 Å². The number of rotatable bonds is 4. The molecule has 2 rings (SSSR count). The summed E-state index contributed by atoms with van der Waals surface area (Å²) in [5, 5.41) is 2.88. The standard InChI is InChI=1S/C15H19NO3/c1-10(17)16-15-5-3-4-13-8-12(9-14(13)15)6-7-19-11(2)18/h3-5,12H,6-9H2,1-2H3,(H,16,17). The van der Waals surface area contributed by atoms with Crippen molar-refractivity contribution in [3.05, 3.63) is 29.3 Å². The van der Waals surface area contributed by atoms with Crippen LogP contribution < -0.4 is 5.32 Å². The van der Waals surface area contributed by atoms with Crippen molar-refractivity contribution < 1.29 is 14.3 Å². The maximum Gasteiger partial charge on any atom is 0.302 e. The number of carbonyl (C=O) groups is 2. The highest BCUT2D eigenvalue weighted by atomic mass is 16.5. The summed E-state index contributed by atoms with van der Waals surface area (Å²) >= 11 is 0. The van der Waals surface area contributed by atoms with Gasteiger partial charge in [0.25, 0.3) is 0 Å². The number of amides is 1. The molecule has 0 aliphatic heterocycles. The van der Waals surface area contributed by atoms with Gasteiger partial charge in [0, 0.05) is 19.5 Å². The van der Waals surface area contributed by atoms with Crippen molar-refractivity contribution in [1.82, 2.24) is 0 Å². The van der Waals surface area contributed by atoms with E-state index in [4.69, 9.17) is 4.74 Å². The molecule has 4 nitrogen and oxygen atoms in total. The minimum absolute atomic E-state index is 0.0447. The Labute approximate surface area is 113 Å². The van der Waals surface area contributed by atoms with Crippen LogP contribution in [-0.2, 0) is 27.2 Å². The Morgan fingerprint density at radius 2 is 2.11 bits per heavy atom. The number of esters is 1. The van der Waals surface area contributed by atoms with E-state index in [1.165, 1.54) is 25.0 Å². The van der Waals surface area contributed by atoms with Crippen LogP contribution in [0.3, 0.4) is 0 Å². The summed E-state index contributed by atoms with van der Waals surface area (Å²) in [5.41, 5.74) is 3.43. The van der Waals surface area contributed by atoms with E-state index in [0.717, 1.165) is 24.9 Å². The van der Waals surface area contributed by atoms with Gasteiger partial charge in [-0.1, -0.05) is 12.1 Å². The lowest BCUT2D eigenvalue weighted by atomic mass is 10.0. The number of carbonyl (C=O) groups excluding carboxylic acids is 2. The van der Waals surface area contributed by atoms with Gasteiger partial charge in [0.1, 0.15) is 0 Å². The molecule has 1 N–H and O–H groups in total. The molecule has 0 fully saturated rings. The van der Waals surface area contributed by atoms with Crippen LogP contribution in [0.5, 0.6) is 0 Å². The van der Waals surface area contributed by atoms with Crippen LogP contribution in [0.1, 0.15) is 31.4 Å². The molecule has 0 saturated heterocycles. The molecule has 1 aromatic rings. The molecule has 1 aliphatic carbocycles. The Morgan fingerprint density at radius 3 is 2.79 bits per heavy atom. The molecule has 4 heteroatoms. The lowest BCUT2D eigenvalue weighted by molar-refractivity contribution is -0.141. The van der Waals surface area contributed by atoms with Crippen LogP contribution in [0.4, 0.5) is 5.69 Å². The summed E-state index contributed by atoms with van der Waals surface area (Å²) in [6.45, 7) is 3.42. The van der Waals surface area contributed by atoms with Crippen LogP contribution in [0, 0.1) is 5.92 Å². The second-order valence-corrected chi connectivity index (χ2v) is 5.03. The van der Waals surface area contributed by atoms with E-state index in [1.54, 1.807) is 0 Å². The van der Waals surface area contributed by atoms with Crippen LogP contribution in [0.25, 0.3) is 0 Å². The van der Waals surface area contributed by atoms with Crippen molar-refractivity contribution in [1.29, 1.82) is 0 Å². The number of fused-ring (bicyclic) bond motifs is 1. The number of anilines is 1. The molecule has 0 aromatic heterocycles. The van der Waals surface area contributed by atoms with Crippen LogP contribution in [0.15, 0.2) is 18.2 Å². The van der Waals surface area contributed by atoms with Gasteiger partial charge in [-0.2, -0.15) is 0 Å². The molecule has 0 bridgehead atoms. The summed E-state index contributed by atoms with van der Waals surface area (Å²) < 4.78 is 4.99. The van der Waals surface area contributed by atoms with E-state index < -0.39 is 0 Å². The predicted octanol–water partition coefficient (Wildman–Crippen LogP) is 2.31. The normalized spacial score (nSPS) is 16.8.